The van der Waals surface area contributed by atoms with Crippen molar-refractivity contribution in [2.24, 2.45) is 5.92 Å². The summed E-state index contributed by atoms with van der Waals surface area (Å²) in [6.45, 7) is 3.63. The monoisotopic (exact) mass is 289 g/mol. The lowest BCUT2D eigenvalue weighted by molar-refractivity contribution is -0.127. The number of hydrogen-bond acceptors (Lipinski definition) is 3. The summed E-state index contributed by atoms with van der Waals surface area (Å²) in [7, 11) is 0. The van der Waals surface area contributed by atoms with Crippen molar-refractivity contribution in [3.63, 3.8) is 0 Å². The maximum atomic E-state index is 13.8. The lowest BCUT2D eigenvalue weighted by Crippen LogP contribution is -2.27. The molecule has 0 N–H and O–H groups in total. The van der Waals surface area contributed by atoms with E-state index in [1.165, 1.54) is 23.0 Å². The quantitative estimate of drug-likeness (QED) is 0.858. The van der Waals surface area contributed by atoms with Crippen LogP contribution in [0.5, 0.6) is 0 Å². The number of carbonyl (C=O) groups excluding carboxylic acids is 1. The van der Waals surface area contributed by atoms with Gasteiger partial charge in [-0.1, -0.05) is 6.07 Å². The van der Waals surface area contributed by atoms with Crippen molar-refractivity contribution in [2.45, 2.75) is 19.9 Å². The molecule has 2 heterocycles. The minimum Gasteiger partial charge on any atom is -0.343 e. The van der Waals surface area contributed by atoms with E-state index in [2.05, 4.69) is 4.98 Å². The molecule has 0 unspecified atom stereocenters. The zero-order valence-electron chi connectivity index (χ0n) is 11.8. The van der Waals surface area contributed by atoms with Crippen LogP contribution >= 0.6 is 0 Å². The van der Waals surface area contributed by atoms with Gasteiger partial charge in [0.1, 0.15) is 11.2 Å². The third-order valence-electron chi connectivity index (χ3n) is 3.93. The summed E-state index contributed by atoms with van der Waals surface area (Å²) in [5, 5.41) is 0.0108. The van der Waals surface area contributed by atoms with Crippen molar-refractivity contribution >= 4 is 16.8 Å². The highest BCUT2D eigenvalue weighted by Gasteiger charge is 2.28. The van der Waals surface area contributed by atoms with Gasteiger partial charge in [0.2, 0.25) is 5.91 Å². The Kier molecular flexibility index (Phi) is 3.45. The molecule has 1 fully saturated rings. The molecule has 1 aliphatic heterocycles. The summed E-state index contributed by atoms with van der Waals surface area (Å²) < 4.78 is 15.2. The van der Waals surface area contributed by atoms with Crippen LogP contribution in [0.25, 0.3) is 10.9 Å². The van der Waals surface area contributed by atoms with Gasteiger partial charge in [-0.25, -0.2) is 9.37 Å². The van der Waals surface area contributed by atoms with E-state index in [0.29, 0.717) is 31.6 Å². The molecule has 0 bridgehead atoms. The van der Waals surface area contributed by atoms with E-state index in [0.717, 1.165) is 0 Å². The average molecular weight is 289 g/mol. The Hall–Kier alpha value is -2.24. The number of carbonyl (C=O) groups is 1. The summed E-state index contributed by atoms with van der Waals surface area (Å²) in [4.78, 5) is 30.0. The van der Waals surface area contributed by atoms with Gasteiger partial charge in [0.25, 0.3) is 5.56 Å². The summed E-state index contributed by atoms with van der Waals surface area (Å²) in [6.07, 6.45) is 1.86. The Morgan fingerprint density at radius 2 is 2.19 bits per heavy atom. The van der Waals surface area contributed by atoms with Crippen LogP contribution in [0, 0.1) is 11.7 Å². The highest BCUT2D eigenvalue weighted by Crippen LogP contribution is 2.19. The number of hydrogen-bond donors (Lipinski definition) is 0. The molecular formula is C15H16FN3O2. The minimum atomic E-state index is -0.558. The van der Waals surface area contributed by atoms with E-state index in [4.69, 9.17) is 0 Å². The molecule has 1 saturated heterocycles. The van der Waals surface area contributed by atoms with Crippen molar-refractivity contribution in [2.75, 3.05) is 13.1 Å². The van der Waals surface area contributed by atoms with Gasteiger partial charge >= 0.3 is 0 Å². The second-order valence-electron chi connectivity index (χ2n) is 5.34. The lowest BCUT2D eigenvalue weighted by atomic mass is 10.1. The van der Waals surface area contributed by atoms with Crippen LogP contribution < -0.4 is 5.56 Å². The number of fused-ring (bicyclic) bond motifs is 1. The first-order valence-electron chi connectivity index (χ1n) is 7.01. The Labute approximate surface area is 121 Å². The molecule has 2 aromatic rings. The molecule has 1 aromatic heterocycles. The number of likely N-dealkylation sites (tertiary alicyclic amines) is 1. The first-order valence-corrected chi connectivity index (χ1v) is 7.01. The zero-order chi connectivity index (χ0) is 15.0. The van der Waals surface area contributed by atoms with Crippen LogP contribution in [0.2, 0.25) is 0 Å². The topological polar surface area (TPSA) is 55.2 Å². The summed E-state index contributed by atoms with van der Waals surface area (Å²) in [6, 6.07) is 4.40. The van der Waals surface area contributed by atoms with Crippen molar-refractivity contribution in [1.82, 2.24) is 14.5 Å². The SMILES string of the molecule is CCN1C[C@H](Cn2cnc3cccc(F)c3c2=O)CC1=O. The van der Waals surface area contributed by atoms with Crippen LogP contribution in [0.15, 0.2) is 29.3 Å². The first-order chi connectivity index (χ1) is 10.1. The molecule has 1 aliphatic rings. The van der Waals surface area contributed by atoms with Crippen LogP contribution in [-0.4, -0.2) is 33.4 Å². The molecule has 0 aliphatic carbocycles. The largest absolute Gasteiger partial charge is 0.343 e. The summed E-state index contributed by atoms with van der Waals surface area (Å²) in [5.41, 5.74) is -0.0329. The smallest absolute Gasteiger partial charge is 0.264 e. The van der Waals surface area contributed by atoms with Gasteiger partial charge in [0.15, 0.2) is 0 Å². The van der Waals surface area contributed by atoms with E-state index >= 15 is 0 Å². The molecule has 1 amide bonds. The molecule has 1 aromatic carbocycles. The first kappa shape index (κ1) is 13.7. The van der Waals surface area contributed by atoms with Crippen molar-refractivity contribution in [3.05, 3.63) is 40.7 Å². The van der Waals surface area contributed by atoms with Gasteiger partial charge in [-0.05, 0) is 19.1 Å². The van der Waals surface area contributed by atoms with E-state index in [-0.39, 0.29) is 22.8 Å². The fourth-order valence-electron chi connectivity index (χ4n) is 2.85. The van der Waals surface area contributed by atoms with Crippen LogP contribution in [0.4, 0.5) is 4.39 Å². The highest BCUT2D eigenvalue weighted by atomic mass is 19.1. The molecule has 3 rings (SSSR count). The second kappa shape index (κ2) is 5.27. The summed E-state index contributed by atoms with van der Waals surface area (Å²) >= 11 is 0. The fourth-order valence-corrected chi connectivity index (χ4v) is 2.85. The number of halogens is 1. The minimum absolute atomic E-state index is 0.0108. The maximum Gasteiger partial charge on any atom is 0.264 e. The van der Waals surface area contributed by atoms with Crippen molar-refractivity contribution < 1.29 is 9.18 Å². The molecular weight excluding hydrogens is 273 g/mol. The Bertz CT molecular complexity index is 756. The predicted octanol–water partition coefficient (Wildman–Crippen LogP) is 1.40. The van der Waals surface area contributed by atoms with Gasteiger partial charge in [0.05, 0.1) is 11.8 Å². The van der Waals surface area contributed by atoms with Crippen LogP contribution in [0.3, 0.4) is 0 Å². The Morgan fingerprint density at radius 3 is 2.90 bits per heavy atom. The fraction of sp³-hybridized carbons (Fsp3) is 0.400. The standard InChI is InChI=1S/C15H16FN3O2/c1-2-18-7-10(6-13(18)20)8-19-9-17-12-5-3-4-11(16)14(12)15(19)21/h3-5,9-10H,2,6-8H2,1H3/t10-/m1/s1. The zero-order valence-corrected chi connectivity index (χ0v) is 11.8. The number of benzene rings is 1. The van der Waals surface area contributed by atoms with Crippen molar-refractivity contribution in [3.8, 4) is 0 Å². The highest BCUT2D eigenvalue weighted by molar-refractivity contribution is 5.79. The second-order valence-corrected chi connectivity index (χ2v) is 5.34. The molecule has 6 heteroatoms. The van der Waals surface area contributed by atoms with E-state index in [1.54, 1.807) is 11.0 Å². The van der Waals surface area contributed by atoms with Gasteiger partial charge in [-0.2, -0.15) is 0 Å². The molecule has 0 spiro atoms. The Morgan fingerprint density at radius 1 is 1.38 bits per heavy atom. The van der Waals surface area contributed by atoms with Crippen LogP contribution in [-0.2, 0) is 11.3 Å². The molecule has 1 atom stereocenters. The number of aromatic nitrogens is 2. The third-order valence-corrected chi connectivity index (χ3v) is 3.93. The van der Waals surface area contributed by atoms with E-state index < -0.39 is 5.82 Å². The van der Waals surface area contributed by atoms with Gasteiger partial charge in [-0.15, -0.1) is 0 Å². The average Bonchev–Trinajstić information content (AvgIpc) is 2.82. The number of amides is 1. The molecule has 110 valence electrons. The molecule has 5 nitrogen and oxygen atoms in total. The van der Waals surface area contributed by atoms with E-state index in [9.17, 15) is 14.0 Å². The number of rotatable bonds is 3. The predicted molar refractivity (Wildman–Crippen MR) is 76.3 cm³/mol. The normalized spacial score (nSPS) is 18.7. The summed E-state index contributed by atoms with van der Waals surface area (Å²) in [5.74, 6) is -0.381. The van der Waals surface area contributed by atoms with Crippen LogP contribution in [0.1, 0.15) is 13.3 Å². The third kappa shape index (κ3) is 2.41. The van der Waals surface area contributed by atoms with Gasteiger partial charge < -0.3 is 4.90 Å². The molecule has 21 heavy (non-hydrogen) atoms. The molecule has 0 saturated carbocycles. The van der Waals surface area contributed by atoms with Gasteiger partial charge in [0, 0.05) is 32.0 Å². The van der Waals surface area contributed by atoms with E-state index in [1.807, 2.05) is 6.92 Å². The van der Waals surface area contributed by atoms with Gasteiger partial charge in [-0.3, -0.25) is 14.2 Å². The Balaban J connectivity index is 1.92. The molecule has 0 radical (unpaired) electrons. The number of nitrogens with zero attached hydrogens (tertiary/aromatic N) is 3. The maximum absolute atomic E-state index is 13.8. The lowest BCUT2D eigenvalue weighted by Gasteiger charge is -2.14. The van der Waals surface area contributed by atoms with Crippen molar-refractivity contribution in [1.29, 1.82) is 0 Å².